The second kappa shape index (κ2) is 11.2. The normalized spacial score (nSPS) is 19.3. The van der Waals surface area contributed by atoms with Crippen molar-refractivity contribution in [2.75, 3.05) is 32.1 Å². The number of rotatable bonds is 8. The summed E-state index contributed by atoms with van der Waals surface area (Å²) in [5.41, 5.74) is 2.72. The molecule has 1 aliphatic rings. The third-order valence-corrected chi connectivity index (χ3v) is 7.78. The summed E-state index contributed by atoms with van der Waals surface area (Å²) >= 11 is 0. The highest BCUT2D eigenvalue weighted by Gasteiger charge is 2.36. The summed E-state index contributed by atoms with van der Waals surface area (Å²) in [5, 5.41) is 13.8. The van der Waals surface area contributed by atoms with Gasteiger partial charge in [0.25, 0.3) is 5.56 Å². The van der Waals surface area contributed by atoms with E-state index in [2.05, 4.69) is 34.8 Å². The Morgan fingerprint density at radius 2 is 1.79 bits per heavy atom. The SMILES string of the molecule is CC[C@H]1CN(C(C)c2cc(F)c(CN(C)C)c(F)c2)[C@H](CC)CN1c1cc(=O)n(C)c2cn(CC#N)nc12. The molecule has 1 aliphatic heterocycles. The van der Waals surface area contributed by atoms with Crippen LogP contribution in [0.4, 0.5) is 14.5 Å². The van der Waals surface area contributed by atoms with E-state index in [0.29, 0.717) is 29.7 Å². The van der Waals surface area contributed by atoms with Gasteiger partial charge >= 0.3 is 0 Å². The molecule has 0 spiro atoms. The highest BCUT2D eigenvalue weighted by Crippen LogP contribution is 2.35. The third-order valence-electron chi connectivity index (χ3n) is 7.78. The predicted octanol–water partition coefficient (Wildman–Crippen LogP) is 4.04. The number of benzene rings is 1. The van der Waals surface area contributed by atoms with Crippen molar-refractivity contribution in [1.29, 1.82) is 5.26 Å². The molecular weight excluding hydrogens is 488 g/mol. The van der Waals surface area contributed by atoms with Crippen LogP contribution in [0.3, 0.4) is 0 Å². The number of hydrogen-bond acceptors (Lipinski definition) is 6. The molecule has 204 valence electrons. The minimum absolute atomic E-state index is 0.0689. The van der Waals surface area contributed by atoms with Crippen molar-refractivity contribution in [3.05, 3.63) is 57.5 Å². The minimum atomic E-state index is -0.519. The number of hydrogen-bond donors (Lipinski definition) is 0. The van der Waals surface area contributed by atoms with Crippen LogP contribution in [0.1, 0.15) is 50.8 Å². The lowest BCUT2D eigenvalue weighted by atomic mass is 9.95. The molecule has 3 heterocycles. The van der Waals surface area contributed by atoms with Crippen LogP contribution in [0.5, 0.6) is 0 Å². The zero-order chi connectivity index (χ0) is 27.7. The Kier molecular flexibility index (Phi) is 8.19. The van der Waals surface area contributed by atoms with Crippen LogP contribution in [-0.4, -0.2) is 63.4 Å². The van der Waals surface area contributed by atoms with Gasteiger partial charge in [-0.25, -0.2) is 8.78 Å². The summed E-state index contributed by atoms with van der Waals surface area (Å²) in [7, 11) is 5.28. The lowest BCUT2D eigenvalue weighted by Gasteiger charge is -2.49. The minimum Gasteiger partial charge on any atom is -0.364 e. The number of aryl methyl sites for hydroxylation is 1. The van der Waals surface area contributed by atoms with Gasteiger partial charge in [0.05, 0.1) is 23.5 Å². The second-order valence-corrected chi connectivity index (χ2v) is 10.5. The summed E-state index contributed by atoms with van der Waals surface area (Å²) in [4.78, 5) is 19.2. The smallest absolute Gasteiger partial charge is 0.252 e. The molecule has 3 aromatic rings. The molecule has 0 N–H and O–H groups in total. The molecule has 1 fully saturated rings. The van der Waals surface area contributed by atoms with Gasteiger partial charge in [0.2, 0.25) is 0 Å². The number of fused-ring (bicyclic) bond motifs is 1. The lowest BCUT2D eigenvalue weighted by Crippen LogP contribution is -2.58. The van der Waals surface area contributed by atoms with Crippen LogP contribution in [0.15, 0.2) is 29.2 Å². The van der Waals surface area contributed by atoms with E-state index in [4.69, 9.17) is 5.26 Å². The van der Waals surface area contributed by atoms with Gasteiger partial charge in [0.15, 0.2) is 0 Å². The molecule has 0 saturated carbocycles. The molecule has 0 aliphatic carbocycles. The summed E-state index contributed by atoms with van der Waals surface area (Å²) < 4.78 is 33.0. The molecule has 4 rings (SSSR count). The molecule has 1 aromatic carbocycles. The van der Waals surface area contributed by atoms with E-state index in [0.717, 1.165) is 18.5 Å². The average molecular weight is 526 g/mol. The van der Waals surface area contributed by atoms with Crippen molar-refractivity contribution in [2.45, 2.75) is 64.8 Å². The van der Waals surface area contributed by atoms with Crippen LogP contribution in [0, 0.1) is 23.0 Å². The fourth-order valence-electron chi connectivity index (χ4n) is 5.59. The van der Waals surface area contributed by atoms with Crippen LogP contribution < -0.4 is 10.5 Å². The van der Waals surface area contributed by atoms with Crippen LogP contribution in [0.2, 0.25) is 0 Å². The number of halogens is 2. The zero-order valence-electron chi connectivity index (χ0n) is 23.1. The van der Waals surface area contributed by atoms with Gasteiger partial charge in [-0.15, -0.1) is 0 Å². The zero-order valence-corrected chi connectivity index (χ0v) is 23.1. The topological polar surface area (TPSA) is 73.3 Å². The van der Waals surface area contributed by atoms with Crippen molar-refractivity contribution in [3.8, 4) is 6.07 Å². The maximum absolute atomic E-state index is 14.9. The maximum atomic E-state index is 14.9. The first-order chi connectivity index (χ1) is 18.1. The fraction of sp³-hybridized carbons (Fsp3) is 0.536. The van der Waals surface area contributed by atoms with Gasteiger partial charge in [0, 0.05) is 56.4 Å². The highest BCUT2D eigenvalue weighted by molar-refractivity contribution is 5.88. The number of anilines is 1. The number of pyridine rings is 1. The van der Waals surface area contributed by atoms with E-state index >= 15 is 0 Å². The Hall–Kier alpha value is -3.29. The van der Waals surface area contributed by atoms with Crippen molar-refractivity contribution >= 4 is 16.7 Å². The van der Waals surface area contributed by atoms with E-state index in [1.807, 2.05) is 6.92 Å². The van der Waals surface area contributed by atoms with E-state index in [9.17, 15) is 13.6 Å². The molecule has 0 radical (unpaired) electrons. The van der Waals surface area contributed by atoms with E-state index in [1.165, 1.54) is 12.1 Å². The van der Waals surface area contributed by atoms with Gasteiger partial charge in [-0.3, -0.25) is 14.4 Å². The van der Waals surface area contributed by atoms with Gasteiger partial charge in [-0.2, -0.15) is 10.4 Å². The predicted molar refractivity (Wildman–Crippen MR) is 145 cm³/mol. The number of nitriles is 1. The summed E-state index contributed by atoms with van der Waals surface area (Å²) in [6.45, 7) is 7.85. The number of nitrogens with zero attached hydrogens (tertiary/aromatic N) is 7. The Morgan fingerprint density at radius 1 is 1.13 bits per heavy atom. The van der Waals surface area contributed by atoms with Gasteiger partial charge in [-0.05, 0) is 51.6 Å². The number of aromatic nitrogens is 3. The summed E-state index contributed by atoms with van der Waals surface area (Å²) in [5.74, 6) is -1.04. The van der Waals surface area contributed by atoms with Crippen LogP contribution >= 0.6 is 0 Å². The summed E-state index contributed by atoms with van der Waals surface area (Å²) in [6, 6.07) is 6.66. The molecule has 10 heteroatoms. The first-order valence-corrected chi connectivity index (χ1v) is 13.2. The monoisotopic (exact) mass is 525 g/mol. The number of piperazine rings is 1. The Morgan fingerprint density at radius 3 is 2.37 bits per heavy atom. The molecular formula is C28H37F2N7O. The fourth-order valence-corrected chi connectivity index (χ4v) is 5.59. The quantitative estimate of drug-likeness (QED) is 0.442. The van der Waals surface area contributed by atoms with E-state index < -0.39 is 11.6 Å². The lowest BCUT2D eigenvalue weighted by molar-refractivity contribution is 0.101. The Labute approximate surface area is 222 Å². The molecule has 0 amide bonds. The van der Waals surface area contributed by atoms with Crippen molar-refractivity contribution in [1.82, 2.24) is 24.1 Å². The highest BCUT2D eigenvalue weighted by atomic mass is 19.1. The first-order valence-electron chi connectivity index (χ1n) is 13.2. The average Bonchev–Trinajstić information content (AvgIpc) is 3.31. The largest absolute Gasteiger partial charge is 0.364 e. The third kappa shape index (κ3) is 5.18. The standard InChI is InChI=1S/C28H37F2N7O/c1-7-20-15-37(25-13-27(38)34(6)26-17-35(10-9-31)32-28(25)26)21(8-2)14-36(20)18(3)19-11-23(29)22(16-33(4)5)24(30)12-19/h11-13,17-18,20-21H,7-8,10,14-16H2,1-6H3/t18?,20-,21+/m1/s1. The van der Waals surface area contributed by atoms with Crippen LogP contribution in [0.25, 0.3) is 11.0 Å². The Bertz CT molecular complexity index is 1380. The van der Waals surface area contributed by atoms with Gasteiger partial charge in [0.1, 0.15) is 23.7 Å². The first kappa shape index (κ1) is 27.7. The molecule has 1 unspecified atom stereocenters. The van der Waals surface area contributed by atoms with Gasteiger partial charge < -0.3 is 14.4 Å². The van der Waals surface area contributed by atoms with Crippen molar-refractivity contribution in [2.24, 2.45) is 7.05 Å². The molecule has 2 aromatic heterocycles. The van der Waals surface area contributed by atoms with Gasteiger partial charge in [-0.1, -0.05) is 13.8 Å². The van der Waals surface area contributed by atoms with E-state index in [1.54, 1.807) is 47.6 Å². The van der Waals surface area contributed by atoms with Crippen molar-refractivity contribution < 1.29 is 8.78 Å². The molecule has 8 nitrogen and oxygen atoms in total. The van der Waals surface area contributed by atoms with Crippen LogP contribution in [-0.2, 0) is 20.1 Å². The molecule has 0 bridgehead atoms. The Balaban J connectivity index is 1.69. The van der Waals surface area contributed by atoms with Crippen molar-refractivity contribution in [3.63, 3.8) is 0 Å². The summed E-state index contributed by atoms with van der Waals surface area (Å²) in [6.07, 6.45) is 3.39. The maximum Gasteiger partial charge on any atom is 0.252 e. The molecule has 3 atom stereocenters. The van der Waals surface area contributed by atoms with E-state index in [-0.39, 0.29) is 42.3 Å². The molecule has 1 saturated heterocycles. The second-order valence-electron chi connectivity index (χ2n) is 10.5. The molecule has 38 heavy (non-hydrogen) atoms.